The summed E-state index contributed by atoms with van der Waals surface area (Å²) >= 11 is 4.95. The van der Waals surface area contributed by atoms with E-state index in [0.717, 1.165) is 20.6 Å². The van der Waals surface area contributed by atoms with Crippen LogP contribution < -0.4 is 10.6 Å². The molecule has 1 aliphatic heterocycles. The number of amides is 1. The van der Waals surface area contributed by atoms with Gasteiger partial charge in [-0.3, -0.25) is 4.79 Å². The fraction of sp³-hybridized carbons (Fsp3) is 0.462. The Bertz CT molecular complexity index is 662. The van der Waals surface area contributed by atoms with Gasteiger partial charge in [-0.1, -0.05) is 6.92 Å². The number of fused-ring (bicyclic) bond motifs is 1. The maximum Gasteiger partial charge on any atom is 0.246 e. The molecule has 1 amide bonds. The molecule has 21 heavy (non-hydrogen) atoms. The maximum absolute atomic E-state index is 11.9. The second-order valence-electron chi connectivity index (χ2n) is 4.83. The third-order valence-corrected chi connectivity index (χ3v) is 6.23. The van der Waals surface area contributed by atoms with Crippen LogP contribution in [0.4, 0.5) is 5.69 Å². The molecule has 0 saturated heterocycles. The molecule has 0 aromatic heterocycles. The molecule has 1 unspecified atom stereocenters. The zero-order valence-corrected chi connectivity index (χ0v) is 15.0. The molecule has 1 aromatic rings. The Morgan fingerprint density at radius 1 is 1.43 bits per heavy atom. The highest BCUT2D eigenvalue weighted by Gasteiger charge is 2.30. The highest BCUT2D eigenvalue weighted by molar-refractivity contribution is 9.10. The Morgan fingerprint density at radius 2 is 2.14 bits per heavy atom. The summed E-state index contributed by atoms with van der Waals surface area (Å²) in [7, 11) is -2.96. The van der Waals surface area contributed by atoms with Crippen molar-refractivity contribution in [2.24, 2.45) is 0 Å². The first-order valence-electron chi connectivity index (χ1n) is 6.50. The number of rotatable bonds is 6. The number of carbonyl (C=O) groups is 1. The van der Waals surface area contributed by atoms with Gasteiger partial charge in [0.2, 0.25) is 5.91 Å². The van der Waals surface area contributed by atoms with Gasteiger partial charge in [-0.15, -0.1) is 11.8 Å². The Hall–Kier alpha value is -0.570. The fourth-order valence-electron chi connectivity index (χ4n) is 2.08. The van der Waals surface area contributed by atoms with E-state index in [-0.39, 0.29) is 17.7 Å². The van der Waals surface area contributed by atoms with Crippen molar-refractivity contribution >= 4 is 49.1 Å². The highest BCUT2D eigenvalue weighted by atomic mass is 79.9. The minimum Gasteiger partial charge on any atom is -0.324 e. The zero-order chi connectivity index (χ0) is 15.6. The molecule has 0 radical (unpaired) electrons. The second kappa shape index (κ2) is 6.68. The largest absolute Gasteiger partial charge is 0.324 e. The van der Waals surface area contributed by atoms with E-state index >= 15 is 0 Å². The van der Waals surface area contributed by atoms with Crippen LogP contribution in [0.15, 0.2) is 21.5 Å². The normalized spacial score (nSPS) is 17.7. The number of likely N-dealkylation sites (N-methyl/N-ethyl adjacent to an activating group) is 1. The molecule has 8 heteroatoms. The summed E-state index contributed by atoms with van der Waals surface area (Å²) < 4.78 is 23.2. The van der Waals surface area contributed by atoms with Crippen molar-refractivity contribution in [3.8, 4) is 0 Å². The smallest absolute Gasteiger partial charge is 0.246 e. The number of hydrogen-bond acceptors (Lipinski definition) is 5. The van der Waals surface area contributed by atoms with E-state index in [0.29, 0.717) is 12.3 Å². The average molecular weight is 393 g/mol. The van der Waals surface area contributed by atoms with Gasteiger partial charge in [-0.05, 0) is 34.6 Å². The van der Waals surface area contributed by atoms with Gasteiger partial charge in [-0.25, -0.2) is 8.42 Å². The van der Waals surface area contributed by atoms with E-state index in [1.54, 1.807) is 0 Å². The van der Waals surface area contributed by atoms with Crippen molar-refractivity contribution in [3.05, 3.63) is 22.2 Å². The van der Waals surface area contributed by atoms with Crippen LogP contribution in [0.5, 0.6) is 0 Å². The molecule has 1 aromatic carbocycles. The van der Waals surface area contributed by atoms with E-state index in [2.05, 4.69) is 26.6 Å². The molecule has 0 aliphatic carbocycles. The first-order valence-corrected chi connectivity index (χ1v) is 10.3. The van der Waals surface area contributed by atoms with Crippen molar-refractivity contribution in [2.45, 2.75) is 17.9 Å². The Kier molecular flexibility index (Phi) is 5.34. The summed E-state index contributed by atoms with van der Waals surface area (Å²) in [6.07, 6.45) is 1.23. The van der Waals surface area contributed by atoms with Gasteiger partial charge in [-0.2, -0.15) is 0 Å². The third kappa shape index (κ3) is 4.21. The third-order valence-electron chi connectivity index (χ3n) is 3.06. The summed E-state index contributed by atoms with van der Waals surface area (Å²) in [4.78, 5) is 12.8. The lowest BCUT2D eigenvalue weighted by Gasteiger charge is -2.11. The summed E-state index contributed by atoms with van der Waals surface area (Å²) in [6, 6.07) is 3.49. The SMILES string of the molecule is CCNC1C(=O)Nc2cc(SCCS(C)(=O)=O)c(Br)cc21. The lowest BCUT2D eigenvalue weighted by Crippen LogP contribution is -2.27. The van der Waals surface area contributed by atoms with Crippen LogP contribution in [0, 0.1) is 0 Å². The molecule has 2 N–H and O–H groups in total. The number of halogens is 1. The fourth-order valence-corrected chi connectivity index (χ4v) is 4.95. The predicted molar refractivity (Wildman–Crippen MR) is 89.6 cm³/mol. The molecule has 1 heterocycles. The van der Waals surface area contributed by atoms with Gasteiger partial charge in [0, 0.05) is 32.6 Å². The Balaban J connectivity index is 2.17. The van der Waals surface area contributed by atoms with E-state index in [1.165, 1.54) is 18.0 Å². The summed E-state index contributed by atoms with van der Waals surface area (Å²) in [6.45, 7) is 2.66. The molecule has 0 saturated carbocycles. The molecular formula is C13H17BrN2O3S2. The Morgan fingerprint density at radius 3 is 2.76 bits per heavy atom. The predicted octanol–water partition coefficient (Wildman–Crippen LogP) is 2.19. The minimum atomic E-state index is -2.96. The lowest BCUT2D eigenvalue weighted by atomic mass is 10.1. The highest BCUT2D eigenvalue weighted by Crippen LogP contribution is 2.39. The van der Waals surface area contributed by atoms with Crippen LogP contribution >= 0.6 is 27.7 Å². The van der Waals surface area contributed by atoms with Crippen molar-refractivity contribution in [3.63, 3.8) is 0 Å². The molecular weight excluding hydrogens is 376 g/mol. The minimum absolute atomic E-state index is 0.0583. The van der Waals surface area contributed by atoms with Crippen LogP contribution in [0.1, 0.15) is 18.5 Å². The van der Waals surface area contributed by atoms with Crippen molar-refractivity contribution < 1.29 is 13.2 Å². The van der Waals surface area contributed by atoms with Gasteiger partial charge in [0.1, 0.15) is 15.9 Å². The molecule has 1 atom stereocenters. The number of benzene rings is 1. The van der Waals surface area contributed by atoms with E-state index in [9.17, 15) is 13.2 Å². The van der Waals surface area contributed by atoms with E-state index in [1.807, 2.05) is 19.1 Å². The number of sulfone groups is 1. The van der Waals surface area contributed by atoms with Crippen LogP contribution in [-0.4, -0.2) is 38.6 Å². The number of anilines is 1. The van der Waals surface area contributed by atoms with Gasteiger partial charge in [0.25, 0.3) is 0 Å². The van der Waals surface area contributed by atoms with Crippen LogP contribution in [0.25, 0.3) is 0 Å². The number of thioether (sulfide) groups is 1. The molecule has 1 aliphatic rings. The standard InChI is InChI=1S/C13H17BrN2O3S2/c1-3-15-12-8-6-9(14)11(7-10(8)16-13(12)17)20-4-5-21(2,18)19/h6-7,12,15H,3-5H2,1-2H3,(H,16,17). The van der Waals surface area contributed by atoms with Gasteiger partial charge < -0.3 is 10.6 Å². The van der Waals surface area contributed by atoms with Crippen molar-refractivity contribution in [1.29, 1.82) is 0 Å². The van der Waals surface area contributed by atoms with Gasteiger partial charge in [0.05, 0.1) is 5.75 Å². The van der Waals surface area contributed by atoms with Gasteiger partial charge >= 0.3 is 0 Å². The molecule has 0 spiro atoms. The number of hydrogen-bond donors (Lipinski definition) is 2. The van der Waals surface area contributed by atoms with Crippen LogP contribution in [0.2, 0.25) is 0 Å². The van der Waals surface area contributed by atoms with E-state index < -0.39 is 9.84 Å². The van der Waals surface area contributed by atoms with E-state index in [4.69, 9.17) is 0 Å². The first kappa shape index (κ1) is 16.8. The second-order valence-corrected chi connectivity index (χ2v) is 9.08. The van der Waals surface area contributed by atoms with Crippen LogP contribution in [0.3, 0.4) is 0 Å². The molecule has 0 fully saturated rings. The van der Waals surface area contributed by atoms with Crippen molar-refractivity contribution in [2.75, 3.05) is 29.6 Å². The Labute approximate surface area is 137 Å². The molecule has 116 valence electrons. The molecule has 5 nitrogen and oxygen atoms in total. The monoisotopic (exact) mass is 392 g/mol. The summed E-state index contributed by atoms with van der Waals surface area (Å²) in [5.74, 6) is 0.561. The topological polar surface area (TPSA) is 75.3 Å². The van der Waals surface area contributed by atoms with Crippen LogP contribution in [-0.2, 0) is 14.6 Å². The van der Waals surface area contributed by atoms with Gasteiger partial charge in [0.15, 0.2) is 0 Å². The first-order chi connectivity index (χ1) is 9.81. The summed E-state index contributed by atoms with van der Waals surface area (Å²) in [5.41, 5.74) is 1.71. The number of nitrogens with one attached hydrogen (secondary N) is 2. The average Bonchev–Trinajstić information content (AvgIpc) is 2.65. The van der Waals surface area contributed by atoms with Crippen molar-refractivity contribution in [1.82, 2.24) is 5.32 Å². The lowest BCUT2D eigenvalue weighted by molar-refractivity contribution is -0.117. The number of carbonyl (C=O) groups excluding carboxylic acids is 1. The molecule has 2 rings (SSSR count). The maximum atomic E-state index is 11.9. The zero-order valence-electron chi connectivity index (χ0n) is 11.8. The molecule has 0 bridgehead atoms. The quantitative estimate of drug-likeness (QED) is 0.725. The summed E-state index contributed by atoms with van der Waals surface area (Å²) in [5, 5.41) is 5.99.